The second-order valence-electron chi connectivity index (χ2n) is 9.36. The number of esters is 1. The van der Waals surface area contributed by atoms with Crippen LogP contribution in [0, 0.1) is 0 Å². The molecule has 6 nitrogen and oxygen atoms in total. The summed E-state index contributed by atoms with van der Waals surface area (Å²) < 4.78 is 6.87. The number of carbonyl (C=O) groups excluding carboxylic acids is 3. The summed E-state index contributed by atoms with van der Waals surface area (Å²) in [6.45, 7) is 5.34. The molecule has 1 N–H and O–H groups in total. The molecule has 4 aromatic rings. The van der Waals surface area contributed by atoms with Crippen LogP contribution in [0.25, 0.3) is 22.0 Å². The van der Waals surface area contributed by atoms with Crippen molar-refractivity contribution in [3.63, 3.8) is 0 Å². The molecular formula is C31H32N2O4. The molecular weight excluding hydrogens is 464 g/mol. The van der Waals surface area contributed by atoms with Gasteiger partial charge in [0.25, 0.3) is 5.91 Å². The summed E-state index contributed by atoms with van der Waals surface area (Å²) >= 11 is 0. The zero-order valence-electron chi connectivity index (χ0n) is 21.5. The predicted molar refractivity (Wildman–Crippen MR) is 146 cm³/mol. The van der Waals surface area contributed by atoms with Gasteiger partial charge in [0.2, 0.25) is 0 Å². The molecule has 0 unspecified atom stereocenters. The van der Waals surface area contributed by atoms with E-state index in [1.165, 1.54) is 12.7 Å². The number of nitrogens with zero attached hydrogens (tertiary/aromatic N) is 1. The van der Waals surface area contributed by atoms with E-state index in [1.807, 2.05) is 65.2 Å². The summed E-state index contributed by atoms with van der Waals surface area (Å²) in [5.74, 6) is -0.0960. The normalized spacial score (nSPS) is 11.0. The number of carbonyl (C=O) groups is 3. The van der Waals surface area contributed by atoms with Gasteiger partial charge in [-0.2, -0.15) is 0 Å². The van der Waals surface area contributed by atoms with Gasteiger partial charge in [0.05, 0.1) is 23.9 Å². The molecule has 0 spiro atoms. The summed E-state index contributed by atoms with van der Waals surface area (Å²) in [5.41, 5.74) is 5.44. The minimum atomic E-state index is -0.423. The number of hydrogen-bond donors (Lipinski definition) is 1. The van der Waals surface area contributed by atoms with E-state index in [-0.39, 0.29) is 5.91 Å². The van der Waals surface area contributed by atoms with Gasteiger partial charge in [0, 0.05) is 29.6 Å². The lowest BCUT2D eigenvalue weighted by molar-refractivity contribution is 0.0600. The third-order valence-corrected chi connectivity index (χ3v) is 6.63. The minimum Gasteiger partial charge on any atom is -0.465 e. The van der Waals surface area contributed by atoms with E-state index in [9.17, 15) is 14.4 Å². The molecule has 1 aromatic heterocycles. The number of aldehydes is 1. The molecule has 0 aliphatic rings. The van der Waals surface area contributed by atoms with Crippen molar-refractivity contribution in [2.45, 2.75) is 39.2 Å². The molecule has 3 aromatic carbocycles. The van der Waals surface area contributed by atoms with Crippen LogP contribution in [0.15, 0.2) is 72.8 Å². The fourth-order valence-corrected chi connectivity index (χ4v) is 4.60. The highest BCUT2D eigenvalue weighted by Gasteiger charge is 2.20. The monoisotopic (exact) mass is 496 g/mol. The lowest BCUT2D eigenvalue weighted by Crippen LogP contribution is -2.24. The van der Waals surface area contributed by atoms with Crippen LogP contribution in [0.5, 0.6) is 0 Å². The smallest absolute Gasteiger partial charge is 0.337 e. The summed E-state index contributed by atoms with van der Waals surface area (Å²) in [6, 6.07) is 22.8. The van der Waals surface area contributed by atoms with Crippen molar-refractivity contribution in [3.8, 4) is 11.1 Å². The number of amides is 1. The third-order valence-electron chi connectivity index (χ3n) is 6.63. The van der Waals surface area contributed by atoms with Crippen LogP contribution < -0.4 is 5.32 Å². The fraction of sp³-hybridized carbons (Fsp3) is 0.258. The predicted octanol–water partition coefficient (Wildman–Crippen LogP) is 6.24. The molecule has 0 radical (unpaired) electrons. The Morgan fingerprint density at radius 1 is 0.946 bits per heavy atom. The zero-order chi connectivity index (χ0) is 26.4. The number of rotatable bonds is 10. The van der Waals surface area contributed by atoms with E-state index in [0.29, 0.717) is 35.8 Å². The van der Waals surface area contributed by atoms with Crippen LogP contribution in [-0.2, 0) is 11.3 Å². The van der Waals surface area contributed by atoms with Crippen molar-refractivity contribution in [3.05, 3.63) is 95.2 Å². The maximum absolute atomic E-state index is 12.5. The van der Waals surface area contributed by atoms with Crippen LogP contribution in [0.2, 0.25) is 0 Å². The number of ether oxygens (including phenoxy) is 1. The fourth-order valence-electron chi connectivity index (χ4n) is 4.60. The quantitative estimate of drug-likeness (QED) is 0.160. The topological polar surface area (TPSA) is 77.4 Å². The summed E-state index contributed by atoms with van der Waals surface area (Å²) in [6.07, 6.45) is 2.36. The maximum atomic E-state index is 12.5. The second kappa shape index (κ2) is 11.7. The Balaban J connectivity index is 1.51. The Morgan fingerprint density at radius 2 is 1.65 bits per heavy atom. The molecule has 37 heavy (non-hydrogen) atoms. The van der Waals surface area contributed by atoms with E-state index in [0.717, 1.165) is 41.2 Å². The molecule has 0 bridgehead atoms. The number of fused-ring (bicyclic) bond motifs is 1. The van der Waals surface area contributed by atoms with Crippen LogP contribution in [-0.4, -0.2) is 36.4 Å². The van der Waals surface area contributed by atoms with Crippen LogP contribution >= 0.6 is 0 Å². The second-order valence-corrected chi connectivity index (χ2v) is 9.36. The summed E-state index contributed by atoms with van der Waals surface area (Å²) in [5, 5.41) is 3.89. The number of unbranched alkanes of at least 4 members (excludes halogenated alkanes) is 1. The first-order chi connectivity index (χ1) is 17.9. The van der Waals surface area contributed by atoms with E-state index < -0.39 is 5.97 Å². The first-order valence-electron chi connectivity index (χ1n) is 12.6. The minimum absolute atomic E-state index is 0.0932. The summed E-state index contributed by atoms with van der Waals surface area (Å²) in [4.78, 5) is 37.0. The Morgan fingerprint density at radius 3 is 2.30 bits per heavy atom. The van der Waals surface area contributed by atoms with Gasteiger partial charge in [-0.15, -0.1) is 0 Å². The van der Waals surface area contributed by atoms with E-state index in [4.69, 9.17) is 4.74 Å². The molecule has 0 fully saturated rings. The van der Waals surface area contributed by atoms with Gasteiger partial charge < -0.3 is 14.6 Å². The average Bonchev–Trinajstić information content (AvgIpc) is 3.25. The van der Waals surface area contributed by atoms with Gasteiger partial charge in [-0.25, -0.2) is 4.79 Å². The first-order valence-corrected chi connectivity index (χ1v) is 12.6. The van der Waals surface area contributed by atoms with E-state index in [2.05, 4.69) is 19.2 Å². The van der Waals surface area contributed by atoms with E-state index in [1.54, 1.807) is 12.1 Å². The van der Waals surface area contributed by atoms with Crippen molar-refractivity contribution in [1.29, 1.82) is 0 Å². The highest BCUT2D eigenvalue weighted by molar-refractivity contribution is 6.06. The number of aromatic nitrogens is 1. The van der Waals surface area contributed by atoms with E-state index >= 15 is 0 Å². The van der Waals surface area contributed by atoms with Crippen LogP contribution in [0.3, 0.4) is 0 Å². The molecule has 4 rings (SSSR count). The largest absolute Gasteiger partial charge is 0.465 e. The van der Waals surface area contributed by atoms with Crippen molar-refractivity contribution in [2.75, 3.05) is 13.7 Å². The Kier molecular flexibility index (Phi) is 8.18. The van der Waals surface area contributed by atoms with Gasteiger partial charge in [-0.1, -0.05) is 62.4 Å². The van der Waals surface area contributed by atoms with Crippen molar-refractivity contribution < 1.29 is 19.1 Å². The molecule has 0 aliphatic heterocycles. The molecule has 190 valence electrons. The Bertz CT molecular complexity index is 1400. The van der Waals surface area contributed by atoms with Crippen molar-refractivity contribution >= 4 is 29.1 Å². The van der Waals surface area contributed by atoms with Gasteiger partial charge in [0.1, 0.15) is 0 Å². The summed E-state index contributed by atoms with van der Waals surface area (Å²) in [7, 11) is 1.35. The van der Waals surface area contributed by atoms with Crippen molar-refractivity contribution in [1.82, 2.24) is 9.88 Å². The lowest BCUT2D eigenvalue weighted by atomic mass is 10.0. The number of aryl methyl sites for hydroxylation is 1. The maximum Gasteiger partial charge on any atom is 0.337 e. The zero-order valence-corrected chi connectivity index (χ0v) is 21.5. The molecule has 0 saturated carbocycles. The van der Waals surface area contributed by atoms with Gasteiger partial charge in [-0.3, -0.25) is 9.59 Å². The highest BCUT2D eigenvalue weighted by atomic mass is 16.5. The van der Waals surface area contributed by atoms with Gasteiger partial charge in [0.15, 0.2) is 6.29 Å². The van der Waals surface area contributed by atoms with Crippen molar-refractivity contribution in [2.24, 2.45) is 0 Å². The molecule has 0 aliphatic carbocycles. The lowest BCUT2D eigenvalue weighted by Gasteiger charge is -2.10. The molecule has 1 amide bonds. The molecule has 0 saturated heterocycles. The number of nitrogens with one attached hydrogen (secondary N) is 1. The first kappa shape index (κ1) is 25.9. The molecule has 0 atom stereocenters. The van der Waals surface area contributed by atoms with Gasteiger partial charge >= 0.3 is 5.97 Å². The number of hydrogen-bond acceptors (Lipinski definition) is 4. The SMILES string of the molecule is COC(=O)c1ccc2c(-c3ccccc3)c(C=O)n(CCCCNC(=O)c3ccc(C(C)C)cc3)c2c1. The highest BCUT2D eigenvalue weighted by Crippen LogP contribution is 2.35. The Hall–Kier alpha value is -4.19. The number of methoxy groups -OCH3 is 1. The molecule has 6 heteroatoms. The molecule has 1 heterocycles. The standard InChI is InChI=1S/C31H32N2O4/c1-21(2)22-11-13-24(14-12-22)30(35)32-17-7-8-18-33-27-19-25(31(36)37-3)15-16-26(27)29(28(33)20-34)23-9-5-4-6-10-23/h4-6,9-16,19-21H,7-8,17-18H2,1-3H3,(H,32,35). The van der Waals surface area contributed by atoms with Crippen LogP contribution in [0.1, 0.15) is 69.4 Å². The Labute approximate surface area is 217 Å². The van der Waals surface area contributed by atoms with Crippen LogP contribution in [0.4, 0.5) is 0 Å². The number of benzene rings is 3. The third kappa shape index (κ3) is 5.64. The van der Waals surface area contributed by atoms with Gasteiger partial charge in [-0.05, 0) is 54.2 Å². The average molecular weight is 497 g/mol.